The fraction of sp³-hybridized carbons (Fsp3) is 0.400. The molecule has 4 rings (SSSR count). The van der Waals surface area contributed by atoms with Crippen LogP contribution in [-0.4, -0.2) is 16.0 Å². The SMILES string of the molecule is Cc1noc2ncc(NC(=O)[C@@H]3C[C@H]4C=C[C@H]3C4)cc12. The molecule has 5 heteroatoms. The van der Waals surface area contributed by atoms with E-state index < -0.39 is 0 Å². The highest BCUT2D eigenvalue weighted by atomic mass is 16.5. The number of pyridine rings is 1. The molecule has 0 radical (unpaired) electrons. The molecule has 2 bridgehead atoms. The van der Waals surface area contributed by atoms with Crippen LogP contribution in [0.15, 0.2) is 28.9 Å². The lowest BCUT2D eigenvalue weighted by molar-refractivity contribution is -0.120. The molecule has 1 amide bonds. The molecule has 1 saturated carbocycles. The van der Waals surface area contributed by atoms with Crippen molar-refractivity contribution < 1.29 is 9.32 Å². The van der Waals surface area contributed by atoms with E-state index in [0.717, 1.165) is 23.9 Å². The quantitative estimate of drug-likeness (QED) is 0.851. The number of allylic oxidation sites excluding steroid dienone is 2. The monoisotopic (exact) mass is 269 g/mol. The summed E-state index contributed by atoms with van der Waals surface area (Å²) in [4.78, 5) is 16.5. The molecule has 0 aromatic carbocycles. The number of hydrogen-bond donors (Lipinski definition) is 1. The van der Waals surface area contributed by atoms with Gasteiger partial charge in [-0.2, -0.15) is 0 Å². The first-order chi connectivity index (χ1) is 9.70. The van der Waals surface area contributed by atoms with Gasteiger partial charge in [-0.05, 0) is 37.7 Å². The second-order valence-corrected chi connectivity index (χ2v) is 5.72. The Morgan fingerprint density at radius 1 is 1.40 bits per heavy atom. The van der Waals surface area contributed by atoms with Gasteiger partial charge in [0, 0.05) is 5.92 Å². The Labute approximate surface area is 116 Å². The third-order valence-corrected chi connectivity index (χ3v) is 4.39. The van der Waals surface area contributed by atoms with Crippen molar-refractivity contribution in [1.29, 1.82) is 0 Å². The number of amides is 1. The highest BCUT2D eigenvalue weighted by molar-refractivity contribution is 5.94. The molecule has 5 nitrogen and oxygen atoms in total. The summed E-state index contributed by atoms with van der Waals surface area (Å²) in [6.45, 7) is 1.86. The molecule has 102 valence electrons. The minimum absolute atomic E-state index is 0.0945. The largest absolute Gasteiger partial charge is 0.336 e. The molecule has 20 heavy (non-hydrogen) atoms. The maximum Gasteiger partial charge on any atom is 0.258 e. The van der Waals surface area contributed by atoms with E-state index >= 15 is 0 Å². The Morgan fingerprint density at radius 2 is 2.30 bits per heavy atom. The van der Waals surface area contributed by atoms with E-state index in [4.69, 9.17) is 4.52 Å². The van der Waals surface area contributed by atoms with Gasteiger partial charge >= 0.3 is 0 Å². The van der Waals surface area contributed by atoms with Crippen molar-refractivity contribution in [2.75, 3.05) is 5.32 Å². The maximum absolute atomic E-state index is 12.4. The standard InChI is InChI=1S/C15H15N3O2/c1-8-12-6-11(7-16-15(12)20-18-8)17-14(19)13-5-9-2-3-10(13)4-9/h2-3,6-7,9-10,13H,4-5H2,1H3,(H,17,19)/t9-,10-,13+/m0/s1. The summed E-state index contributed by atoms with van der Waals surface area (Å²) in [5.74, 6) is 1.20. The summed E-state index contributed by atoms with van der Waals surface area (Å²) < 4.78 is 5.07. The Balaban J connectivity index is 1.56. The molecule has 2 aliphatic carbocycles. The van der Waals surface area contributed by atoms with Crippen LogP contribution in [0.3, 0.4) is 0 Å². The van der Waals surface area contributed by atoms with Crippen LogP contribution in [0.2, 0.25) is 0 Å². The Hall–Kier alpha value is -2.17. The Kier molecular flexibility index (Phi) is 2.42. The minimum Gasteiger partial charge on any atom is -0.336 e. The molecule has 2 aliphatic rings. The number of aryl methyl sites for hydroxylation is 1. The zero-order chi connectivity index (χ0) is 13.7. The number of rotatable bonds is 2. The van der Waals surface area contributed by atoms with E-state index in [1.807, 2.05) is 13.0 Å². The highest BCUT2D eigenvalue weighted by Gasteiger charge is 2.39. The van der Waals surface area contributed by atoms with Crippen LogP contribution >= 0.6 is 0 Å². The average molecular weight is 269 g/mol. The van der Waals surface area contributed by atoms with E-state index in [1.54, 1.807) is 6.20 Å². The predicted molar refractivity (Wildman–Crippen MR) is 74.0 cm³/mol. The molecule has 2 aromatic heterocycles. The van der Waals surface area contributed by atoms with Crippen LogP contribution in [0.5, 0.6) is 0 Å². The van der Waals surface area contributed by atoms with Gasteiger partial charge < -0.3 is 9.84 Å². The van der Waals surface area contributed by atoms with Crippen molar-refractivity contribution >= 4 is 22.7 Å². The molecular formula is C15H15N3O2. The van der Waals surface area contributed by atoms with Gasteiger partial charge in [-0.25, -0.2) is 4.98 Å². The first kappa shape index (κ1) is 11.6. The number of aromatic nitrogens is 2. The number of fused-ring (bicyclic) bond motifs is 3. The van der Waals surface area contributed by atoms with Crippen molar-refractivity contribution in [1.82, 2.24) is 10.1 Å². The van der Waals surface area contributed by atoms with E-state index in [9.17, 15) is 4.79 Å². The number of nitrogens with zero attached hydrogens (tertiary/aromatic N) is 2. The second-order valence-electron chi connectivity index (χ2n) is 5.72. The highest BCUT2D eigenvalue weighted by Crippen LogP contribution is 2.43. The molecule has 0 unspecified atom stereocenters. The lowest BCUT2D eigenvalue weighted by Crippen LogP contribution is -2.25. The van der Waals surface area contributed by atoms with Crippen LogP contribution in [0.25, 0.3) is 11.1 Å². The Morgan fingerprint density at radius 3 is 3.05 bits per heavy atom. The van der Waals surface area contributed by atoms with Gasteiger partial charge in [-0.3, -0.25) is 4.79 Å². The molecule has 0 spiro atoms. The van der Waals surface area contributed by atoms with Crippen molar-refractivity contribution in [2.24, 2.45) is 17.8 Å². The topological polar surface area (TPSA) is 68.0 Å². The lowest BCUT2D eigenvalue weighted by atomic mass is 9.93. The third-order valence-electron chi connectivity index (χ3n) is 4.39. The summed E-state index contributed by atoms with van der Waals surface area (Å²) in [5.41, 5.74) is 2.00. The smallest absolute Gasteiger partial charge is 0.258 e. The summed E-state index contributed by atoms with van der Waals surface area (Å²) >= 11 is 0. The number of hydrogen-bond acceptors (Lipinski definition) is 4. The van der Waals surface area contributed by atoms with Crippen molar-refractivity contribution in [2.45, 2.75) is 19.8 Å². The van der Waals surface area contributed by atoms with Gasteiger partial charge in [0.05, 0.1) is 23.0 Å². The number of carbonyl (C=O) groups excluding carboxylic acids is 1. The molecular weight excluding hydrogens is 254 g/mol. The summed E-state index contributed by atoms with van der Waals surface area (Å²) in [7, 11) is 0. The molecule has 1 N–H and O–H groups in total. The van der Waals surface area contributed by atoms with Crippen LogP contribution in [0.1, 0.15) is 18.5 Å². The van der Waals surface area contributed by atoms with Gasteiger partial charge in [0.25, 0.3) is 5.71 Å². The summed E-state index contributed by atoms with van der Waals surface area (Å²) in [6, 6.07) is 1.87. The van der Waals surface area contributed by atoms with Crippen molar-refractivity contribution in [3.05, 3.63) is 30.1 Å². The molecule has 1 fully saturated rings. The second kappa shape index (κ2) is 4.16. The zero-order valence-corrected chi connectivity index (χ0v) is 11.2. The van der Waals surface area contributed by atoms with E-state index in [1.165, 1.54) is 0 Å². The minimum atomic E-state index is 0.0945. The number of anilines is 1. The molecule has 0 aliphatic heterocycles. The van der Waals surface area contributed by atoms with Crippen LogP contribution in [-0.2, 0) is 4.79 Å². The normalized spacial score (nSPS) is 27.4. The van der Waals surface area contributed by atoms with Gasteiger partial charge in [-0.1, -0.05) is 17.3 Å². The van der Waals surface area contributed by atoms with Crippen LogP contribution < -0.4 is 5.32 Å². The molecule has 2 heterocycles. The Bertz CT molecular complexity index is 719. The first-order valence-electron chi connectivity index (χ1n) is 6.92. The molecule has 2 aromatic rings. The van der Waals surface area contributed by atoms with E-state index in [2.05, 4.69) is 27.6 Å². The fourth-order valence-electron chi connectivity index (χ4n) is 3.33. The number of nitrogens with one attached hydrogen (secondary N) is 1. The third kappa shape index (κ3) is 1.73. The number of carbonyl (C=O) groups is 1. The molecule has 3 atom stereocenters. The van der Waals surface area contributed by atoms with Gasteiger partial charge in [0.15, 0.2) is 0 Å². The van der Waals surface area contributed by atoms with E-state index in [-0.39, 0.29) is 11.8 Å². The average Bonchev–Trinajstić information content (AvgIpc) is 3.15. The van der Waals surface area contributed by atoms with Gasteiger partial charge in [0.2, 0.25) is 5.91 Å². The van der Waals surface area contributed by atoms with Crippen molar-refractivity contribution in [3.63, 3.8) is 0 Å². The summed E-state index contributed by atoms with van der Waals surface area (Å²) in [5, 5.41) is 7.68. The maximum atomic E-state index is 12.4. The lowest BCUT2D eigenvalue weighted by Gasteiger charge is -2.17. The van der Waals surface area contributed by atoms with Crippen molar-refractivity contribution in [3.8, 4) is 0 Å². The first-order valence-corrected chi connectivity index (χ1v) is 6.92. The van der Waals surface area contributed by atoms with Gasteiger partial charge in [0.1, 0.15) is 0 Å². The van der Waals surface area contributed by atoms with E-state index in [0.29, 0.717) is 23.2 Å². The van der Waals surface area contributed by atoms with Crippen LogP contribution in [0.4, 0.5) is 5.69 Å². The summed E-state index contributed by atoms with van der Waals surface area (Å²) in [6.07, 6.45) is 8.13. The zero-order valence-electron chi connectivity index (χ0n) is 11.2. The van der Waals surface area contributed by atoms with Gasteiger partial charge in [-0.15, -0.1) is 0 Å². The fourth-order valence-corrected chi connectivity index (χ4v) is 3.33. The molecule has 0 saturated heterocycles. The predicted octanol–water partition coefficient (Wildman–Crippen LogP) is 2.68. The van der Waals surface area contributed by atoms with Crippen LogP contribution in [0, 0.1) is 24.7 Å².